The summed E-state index contributed by atoms with van der Waals surface area (Å²) in [5, 5.41) is 11.0. The lowest BCUT2D eigenvalue weighted by molar-refractivity contribution is 0.200. The Morgan fingerprint density at radius 2 is 2.28 bits per heavy atom. The van der Waals surface area contributed by atoms with Crippen molar-refractivity contribution in [3.05, 3.63) is 20.8 Å². The van der Waals surface area contributed by atoms with E-state index >= 15 is 0 Å². The Hall–Kier alpha value is -0.410. The highest BCUT2D eigenvalue weighted by molar-refractivity contribution is 9.10. The minimum absolute atomic E-state index is 0.0185. The molecule has 0 aliphatic carbocycles. The van der Waals surface area contributed by atoms with Gasteiger partial charge in [-0.15, -0.1) is 11.3 Å². The summed E-state index contributed by atoms with van der Waals surface area (Å²) in [6, 6.07) is 4.67. The van der Waals surface area contributed by atoms with Gasteiger partial charge in [-0.3, -0.25) is 4.90 Å². The number of hydrogen-bond donors (Lipinski definition) is 1. The van der Waals surface area contributed by atoms with Gasteiger partial charge in [-0.1, -0.05) is 6.92 Å². The highest BCUT2D eigenvalue weighted by Gasteiger charge is 2.25. The van der Waals surface area contributed by atoms with Crippen molar-refractivity contribution in [3.8, 4) is 6.07 Å². The van der Waals surface area contributed by atoms with Gasteiger partial charge in [0.25, 0.3) is 0 Å². The second-order valence-corrected chi connectivity index (χ2v) is 6.51. The summed E-state index contributed by atoms with van der Waals surface area (Å²) in [5.41, 5.74) is 6.24. The number of nitrogens with zero attached hydrogens (tertiary/aromatic N) is 2. The zero-order valence-corrected chi connectivity index (χ0v) is 13.5. The molecule has 3 nitrogen and oxygen atoms in total. The van der Waals surface area contributed by atoms with Gasteiger partial charge >= 0.3 is 0 Å². The van der Waals surface area contributed by atoms with Crippen LogP contribution in [0, 0.1) is 17.2 Å². The average Bonchev–Trinajstić information content (AvgIpc) is 2.75. The van der Waals surface area contributed by atoms with E-state index < -0.39 is 0 Å². The highest BCUT2D eigenvalue weighted by atomic mass is 79.9. The van der Waals surface area contributed by atoms with Crippen LogP contribution in [0.15, 0.2) is 15.9 Å². The molecule has 0 saturated carbocycles. The van der Waals surface area contributed by atoms with Crippen molar-refractivity contribution in [1.29, 1.82) is 5.26 Å². The summed E-state index contributed by atoms with van der Waals surface area (Å²) in [5.74, 6) is 0.0185. The van der Waals surface area contributed by atoms with E-state index in [4.69, 9.17) is 11.0 Å². The van der Waals surface area contributed by atoms with Crippen molar-refractivity contribution in [2.45, 2.75) is 32.4 Å². The molecule has 1 aromatic rings. The number of halogens is 1. The minimum atomic E-state index is 0.0185. The molecule has 2 N–H and O–H groups in total. The number of hydrogen-bond acceptors (Lipinski definition) is 4. The van der Waals surface area contributed by atoms with Gasteiger partial charge in [0.05, 0.1) is 18.0 Å². The molecule has 100 valence electrons. The van der Waals surface area contributed by atoms with Crippen LogP contribution >= 0.6 is 27.3 Å². The first-order chi connectivity index (χ1) is 8.49. The van der Waals surface area contributed by atoms with Gasteiger partial charge in [0.1, 0.15) is 0 Å². The first-order valence-corrected chi connectivity index (χ1v) is 7.76. The number of rotatable bonds is 6. The van der Waals surface area contributed by atoms with Crippen LogP contribution in [0.2, 0.25) is 0 Å². The second-order valence-electron chi connectivity index (χ2n) is 4.65. The topological polar surface area (TPSA) is 53.0 Å². The van der Waals surface area contributed by atoms with E-state index in [2.05, 4.69) is 45.3 Å². The van der Waals surface area contributed by atoms with E-state index in [1.807, 2.05) is 14.0 Å². The third-order valence-electron chi connectivity index (χ3n) is 3.01. The monoisotopic (exact) mass is 329 g/mol. The molecule has 5 heteroatoms. The summed E-state index contributed by atoms with van der Waals surface area (Å²) < 4.78 is 1.09. The number of thiophene rings is 1. The van der Waals surface area contributed by atoms with Crippen molar-refractivity contribution in [2.24, 2.45) is 11.7 Å². The van der Waals surface area contributed by atoms with Crippen LogP contribution in [0.5, 0.6) is 0 Å². The highest BCUT2D eigenvalue weighted by Crippen LogP contribution is 2.31. The maximum Gasteiger partial charge on any atom is 0.0666 e. The Morgan fingerprint density at radius 1 is 1.61 bits per heavy atom. The normalized spacial score (nSPS) is 16.3. The van der Waals surface area contributed by atoms with Crippen molar-refractivity contribution in [3.63, 3.8) is 0 Å². The van der Waals surface area contributed by atoms with Crippen LogP contribution in [0.4, 0.5) is 0 Å². The lowest BCUT2D eigenvalue weighted by atomic mass is 10.0. The number of nitriles is 1. The fraction of sp³-hybridized carbons (Fsp3) is 0.615. The van der Waals surface area contributed by atoms with Crippen molar-refractivity contribution in [1.82, 2.24) is 4.90 Å². The lowest BCUT2D eigenvalue weighted by Gasteiger charge is -2.32. The predicted octanol–water partition coefficient (Wildman–Crippen LogP) is 3.38. The molecule has 1 rings (SSSR count). The number of likely N-dealkylation sites (N-methyl/N-ethyl adjacent to an activating group) is 1. The summed E-state index contributed by atoms with van der Waals surface area (Å²) in [7, 11) is 2.04. The van der Waals surface area contributed by atoms with E-state index in [-0.39, 0.29) is 18.0 Å². The first-order valence-electron chi connectivity index (χ1n) is 6.09. The number of nitrogens with two attached hydrogens (primary N) is 1. The molecule has 0 amide bonds. The molecule has 18 heavy (non-hydrogen) atoms. The fourth-order valence-electron chi connectivity index (χ4n) is 2.05. The Balaban J connectivity index is 2.88. The molecule has 0 spiro atoms. The predicted molar refractivity (Wildman–Crippen MR) is 80.4 cm³/mol. The molecule has 3 atom stereocenters. The second kappa shape index (κ2) is 7.25. The van der Waals surface area contributed by atoms with Gasteiger partial charge in [-0.25, -0.2) is 0 Å². The molecule has 0 radical (unpaired) electrons. The molecule has 0 aliphatic heterocycles. The van der Waals surface area contributed by atoms with Gasteiger partial charge in [0, 0.05) is 27.3 Å². The summed E-state index contributed by atoms with van der Waals surface area (Å²) in [4.78, 5) is 3.45. The molecule has 0 aromatic carbocycles. The van der Waals surface area contributed by atoms with Gasteiger partial charge < -0.3 is 5.73 Å². The van der Waals surface area contributed by atoms with Crippen molar-refractivity contribution >= 4 is 27.3 Å². The van der Waals surface area contributed by atoms with Crippen LogP contribution in [0.25, 0.3) is 0 Å². The third-order valence-corrected chi connectivity index (χ3v) is 4.78. The minimum Gasteiger partial charge on any atom is -0.326 e. The lowest BCUT2D eigenvalue weighted by Crippen LogP contribution is -2.40. The van der Waals surface area contributed by atoms with Gasteiger partial charge in [-0.2, -0.15) is 5.26 Å². The molecule has 0 bridgehead atoms. The fourth-order valence-corrected chi connectivity index (χ4v) is 3.73. The van der Waals surface area contributed by atoms with Crippen LogP contribution in [-0.2, 0) is 0 Å². The van der Waals surface area contributed by atoms with E-state index in [0.717, 1.165) is 17.4 Å². The van der Waals surface area contributed by atoms with Crippen molar-refractivity contribution in [2.75, 3.05) is 13.6 Å². The Morgan fingerprint density at radius 3 is 2.72 bits per heavy atom. The van der Waals surface area contributed by atoms with Gasteiger partial charge in [0.15, 0.2) is 0 Å². The molecular weight excluding hydrogens is 310 g/mol. The van der Waals surface area contributed by atoms with Crippen molar-refractivity contribution < 1.29 is 0 Å². The average molecular weight is 330 g/mol. The standard InChI is InChI=1S/C13H20BrN3S/c1-4-11(16)13(12-5-10(14)8-18-12)17(3)7-9(2)6-15/h5,8-9,11,13H,4,7,16H2,1-3H3. The maximum absolute atomic E-state index is 8.92. The molecule has 3 unspecified atom stereocenters. The zero-order chi connectivity index (χ0) is 13.7. The molecule has 0 aliphatic rings. The first kappa shape index (κ1) is 15.6. The Bertz CT molecular complexity index is 413. The third kappa shape index (κ3) is 4.06. The summed E-state index contributed by atoms with van der Waals surface area (Å²) in [6.07, 6.45) is 0.922. The van der Waals surface area contributed by atoms with Crippen LogP contribution in [0.3, 0.4) is 0 Å². The summed E-state index contributed by atoms with van der Waals surface area (Å²) in [6.45, 7) is 4.78. The molecule has 0 saturated heterocycles. The van der Waals surface area contributed by atoms with Gasteiger partial charge in [-0.05, 0) is 42.4 Å². The van der Waals surface area contributed by atoms with E-state index in [1.165, 1.54) is 4.88 Å². The quantitative estimate of drug-likeness (QED) is 0.870. The van der Waals surface area contributed by atoms with Crippen LogP contribution in [-0.4, -0.2) is 24.5 Å². The molecular formula is C13H20BrN3S. The zero-order valence-electron chi connectivity index (χ0n) is 11.1. The summed E-state index contributed by atoms with van der Waals surface area (Å²) >= 11 is 5.20. The largest absolute Gasteiger partial charge is 0.326 e. The smallest absolute Gasteiger partial charge is 0.0666 e. The van der Waals surface area contributed by atoms with E-state index in [0.29, 0.717) is 0 Å². The van der Waals surface area contributed by atoms with E-state index in [1.54, 1.807) is 11.3 Å². The maximum atomic E-state index is 8.92. The van der Waals surface area contributed by atoms with Crippen LogP contribution < -0.4 is 5.73 Å². The Labute approximate surface area is 122 Å². The molecule has 1 aromatic heterocycles. The van der Waals surface area contributed by atoms with Crippen LogP contribution in [0.1, 0.15) is 31.2 Å². The molecule has 0 fully saturated rings. The van der Waals surface area contributed by atoms with E-state index in [9.17, 15) is 0 Å². The van der Waals surface area contributed by atoms with Gasteiger partial charge in [0.2, 0.25) is 0 Å². The molecule has 1 heterocycles. The SMILES string of the molecule is CCC(N)C(c1cc(Br)cs1)N(C)CC(C)C#N. The Kier molecular flexibility index (Phi) is 6.30.